The van der Waals surface area contributed by atoms with Gasteiger partial charge in [-0.3, -0.25) is 0 Å². The number of hydrogen-bond donors (Lipinski definition) is 0. The molecule has 0 heteroatoms. The van der Waals surface area contributed by atoms with Crippen LogP contribution in [0.2, 0.25) is 0 Å². The molecule has 0 fully saturated rings. The van der Waals surface area contributed by atoms with Gasteiger partial charge in [-0.1, -0.05) is 115 Å². The summed E-state index contributed by atoms with van der Waals surface area (Å²) in [6.45, 7) is 0. The highest BCUT2D eigenvalue weighted by Crippen LogP contribution is 2.25. The van der Waals surface area contributed by atoms with Crippen LogP contribution in [0.25, 0.3) is 22.3 Å². The minimum atomic E-state index is 1.26. The van der Waals surface area contributed by atoms with Crippen molar-refractivity contribution < 1.29 is 0 Å². The first-order valence-corrected chi connectivity index (χ1v) is 8.14. The van der Waals surface area contributed by atoms with E-state index in [1.54, 1.807) is 0 Å². The number of hydrogen-bond acceptors (Lipinski definition) is 0. The summed E-state index contributed by atoms with van der Waals surface area (Å²) >= 11 is 0. The molecule has 0 heterocycles. The van der Waals surface area contributed by atoms with Crippen LogP contribution in [0.1, 0.15) is 0 Å². The van der Waals surface area contributed by atoms with Gasteiger partial charge in [-0.25, -0.2) is 0 Å². The van der Waals surface area contributed by atoms with Crippen molar-refractivity contribution >= 4 is 0 Å². The fraction of sp³-hybridized carbons (Fsp3) is 0. The first-order chi connectivity index (χ1) is 11.9. The van der Waals surface area contributed by atoms with E-state index in [9.17, 15) is 0 Å². The molecule has 4 aromatic carbocycles. The first-order valence-electron chi connectivity index (χ1n) is 8.14. The monoisotopic (exact) mass is 308 g/mol. The molecule has 0 saturated heterocycles. The zero-order valence-corrected chi connectivity index (χ0v) is 13.5. The van der Waals surface area contributed by atoms with Crippen LogP contribution in [0.15, 0.2) is 121 Å². The molecule has 0 unspecified atom stereocenters. The lowest BCUT2D eigenvalue weighted by molar-refractivity contribution is 1.59. The highest BCUT2D eigenvalue weighted by molar-refractivity contribution is 5.72. The van der Waals surface area contributed by atoms with E-state index >= 15 is 0 Å². The Morgan fingerprint density at radius 2 is 0.542 bits per heavy atom. The Morgan fingerprint density at radius 1 is 0.250 bits per heavy atom. The van der Waals surface area contributed by atoms with Crippen LogP contribution in [-0.4, -0.2) is 0 Å². The second kappa shape index (κ2) is 8.50. The predicted molar refractivity (Wildman–Crippen MR) is 104 cm³/mol. The molecular weight excluding hydrogens is 288 g/mol. The summed E-state index contributed by atoms with van der Waals surface area (Å²) in [5.74, 6) is 0. The molecule has 24 heavy (non-hydrogen) atoms. The fourth-order valence-corrected chi connectivity index (χ4v) is 2.52. The molecule has 4 rings (SSSR count). The summed E-state index contributed by atoms with van der Waals surface area (Å²) in [5.41, 5.74) is 5.04. The third-order valence-electron chi connectivity index (χ3n) is 3.74. The zero-order chi connectivity index (χ0) is 16.5. The average molecular weight is 308 g/mol. The predicted octanol–water partition coefficient (Wildman–Crippen LogP) is 6.71. The Bertz CT molecular complexity index is 753. The molecule has 0 saturated carbocycles. The van der Waals surface area contributed by atoms with Crippen LogP contribution in [-0.2, 0) is 0 Å². The van der Waals surface area contributed by atoms with Crippen LogP contribution in [0.4, 0.5) is 0 Å². The van der Waals surface area contributed by atoms with E-state index in [-0.39, 0.29) is 0 Å². The normalized spacial score (nSPS) is 9.67. The maximum absolute atomic E-state index is 2.24. The third-order valence-corrected chi connectivity index (χ3v) is 3.74. The van der Waals surface area contributed by atoms with Crippen LogP contribution in [0, 0.1) is 0 Å². The van der Waals surface area contributed by atoms with Gasteiger partial charge >= 0.3 is 0 Å². The summed E-state index contributed by atoms with van der Waals surface area (Å²) in [7, 11) is 0. The van der Waals surface area contributed by atoms with E-state index in [2.05, 4.69) is 72.8 Å². The molecule has 0 atom stereocenters. The highest BCUT2D eigenvalue weighted by Gasteiger charge is 2.00. The summed E-state index contributed by atoms with van der Waals surface area (Å²) in [6.07, 6.45) is 0. The summed E-state index contributed by atoms with van der Waals surface area (Å²) < 4.78 is 0. The van der Waals surface area contributed by atoms with E-state index in [1.165, 1.54) is 22.3 Å². The fourth-order valence-electron chi connectivity index (χ4n) is 2.52. The molecule has 0 aromatic heterocycles. The number of rotatable bonds is 2. The third kappa shape index (κ3) is 4.44. The Balaban J connectivity index is 0.000000238. The van der Waals surface area contributed by atoms with E-state index in [0.29, 0.717) is 0 Å². The Morgan fingerprint density at radius 3 is 0.917 bits per heavy atom. The molecule has 116 valence electrons. The van der Waals surface area contributed by atoms with Crippen molar-refractivity contribution in [1.82, 2.24) is 0 Å². The molecule has 0 aliphatic carbocycles. The minimum Gasteiger partial charge on any atom is -0.0623 e. The lowest BCUT2D eigenvalue weighted by Gasteiger charge is -2.05. The van der Waals surface area contributed by atoms with Gasteiger partial charge < -0.3 is 0 Å². The molecule has 0 spiro atoms. The average Bonchev–Trinajstić information content (AvgIpc) is 2.71. The molecule has 0 amide bonds. The van der Waals surface area contributed by atoms with Gasteiger partial charge in [-0.15, -0.1) is 0 Å². The molecule has 4 aromatic rings. The summed E-state index contributed by atoms with van der Waals surface area (Å²) in [4.78, 5) is 0. The molecule has 0 nitrogen and oxygen atoms in total. The van der Waals surface area contributed by atoms with Crippen LogP contribution in [0.5, 0.6) is 0 Å². The molecule has 0 aliphatic heterocycles. The summed E-state index contributed by atoms with van der Waals surface area (Å²) in [6, 6.07) is 41.6. The number of benzene rings is 4. The Hall–Kier alpha value is -3.12. The quantitative estimate of drug-likeness (QED) is 0.386. The molecule has 0 radical (unpaired) electrons. The maximum Gasteiger partial charge on any atom is -0.0178 e. The van der Waals surface area contributed by atoms with Crippen molar-refractivity contribution in [1.29, 1.82) is 0 Å². The molecule has 0 aliphatic rings. The first kappa shape index (κ1) is 15.8. The molecule has 0 bridgehead atoms. The van der Waals surface area contributed by atoms with E-state index in [0.717, 1.165) is 0 Å². The SMILES string of the molecule is c1ccc(-c2cccc(-c3ccccc3)c2)cc1.c1ccccc1. The summed E-state index contributed by atoms with van der Waals surface area (Å²) in [5, 5.41) is 0. The van der Waals surface area contributed by atoms with Crippen molar-refractivity contribution in [2.45, 2.75) is 0 Å². The standard InChI is InChI=1S/C18H14.C6H6/c1-3-8-15(9-4-1)17-12-7-13-18(14-17)16-10-5-2-6-11-16;1-2-4-6-5-3-1/h1-14H;1-6H. The van der Waals surface area contributed by atoms with Gasteiger partial charge in [0.2, 0.25) is 0 Å². The van der Waals surface area contributed by atoms with E-state index < -0.39 is 0 Å². The van der Waals surface area contributed by atoms with Gasteiger partial charge in [0.1, 0.15) is 0 Å². The zero-order valence-electron chi connectivity index (χ0n) is 13.5. The highest BCUT2D eigenvalue weighted by atomic mass is 14.0. The van der Waals surface area contributed by atoms with Gasteiger partial charge in [0.15, 0.2) is 0 Å². The largest absolute Gasteiger partial charge is 0.0623 e. The van der Waals surface area contributed by atoms with Crippen molar-refractivity contribution in [3.05, 3.63) is 121 Å². The van der Waals surface area contributed by atoms with Crippen molar-refractivity contribution in [2.75, 3.05) is 0 Å². The van der Waals surface area contributed by atoms with Crippen molar-refractivity contribution in [3.8, 4) is 22.3 Å². The van der Waals surface area contributed by atoms with Crippen LogP contribution in [0.3, 0.4) is 0 Å². The maximum atomic E-state index is 2.24. The lowest BCUT2D eigenvalue weighted by Crippen LogP contribution is -1.80. The lowest BCUT2D eigenvalue weighted by atomic mass is 9.99. The second-order valence-corrected chi connectivity index (χ2v) is 5.47. The van der Waals surface area contributed by atoms with Gasteiger partial charge in [0, 0.05) is 0 Å². The van der Waals surface area contributed by atoms with Gasteiger partial charge in [-0.2, -0.15) is 0 Å². The molecular formula is C24H20. The Kier molecular flexibility index (Phi) is 5.58. The van der Waals surface area contributed by atoms with E-state index in [1.807, 2.05) is 48.5 Å². The van der Waals surface area contributed by atoms with Gasteiger partial charge in [-0.05, 0) is 28.3 Å². The van der Waals surface area contributed by atoms with Crippen molar-refractivity contribution in [3.63, 3.8) is 0 Å². The smallest absolute Gasteiger partial charge is 0.0178 e. The van der Waals surface area contributed by atoms with Gasteiger partial charge in [0.05, 0.1) is 0 Å². The van der Waals surface area contributed by atoms with E-state index in [4.69, 9.17) is 0 Å². The second-order valence-electron chi connectivity index (χ2n) is 5.47. The Labute approximate surface area is 144 Å². The topological polar surface area (TPSA) is 0 Å². The van der Waals surface area contributed by atoms with Crippen LogP contribution < -0.4 is 0 Å². The van der Waals surface area contributed by atoms with Crippen LogP contribution >= 0.6 is 0 Å². The van der Waals surface area contributed by atoms with Crippen molar-refractivity contribution in [2.24, 2.45) is 0 Å². The molecule has 0 N–H and O–H groups in total. The minimum absolute atomic E-state index is 1.26. The van der Waals surface area contributed by atoms with Gasteiger partial charge in [0.25, 0.3) is 0 Å².